The van der Waals surface area contributed by atoms with Gasteiger partial charge >= 0.3 is 0 Å². The molecule has 2 fully saturated rings. The van der Waals surface area contributed by atoms with Gasteiger partial charge < -0.3 is 25.0 Å². The number of morpholine rings is 1. The maximum atomic E-state index is 13.7. The van der Waals surface area contributed by atoms with Crippen LogP contribution in [-0.4, -0.2) is 97.4 Å². The molecule has 0 saturated carbocycles. The molecular weight excluding hydrogens is 639 g/mol. The standard InChI is InChI=1S/C32H36Cl2N4O6S/c1-19-29(35-28-6-3-9-38(32(41)30(19)28)17-20(39)16-37-10-12-44-13-11-37)15-23-22-14-21(7-8-27(22)36-31(23)40)45(42,43)18-24-25(33)4-2-5-26(24)34/h2,4-5,8,14-15,20-21,35,39H,3,6-7,9-13,16-18H2,1H3,(H,36,40)/b23-15-/t20-,21?/m1/s1. The molecule has 1 aromatic carbocycles. The molecule has 45 heavy (non-hydrogen) atoms. The predicted molar refractivity (Wildman–Crippen MR) is 173 cm³/mol. The number of halogens is 2. The van der Waals surface area contributed by atoms with Crippen LogP contribution in [0.2, 0.25) is 10.0 Å². The van der Waals surface area contributed by atoms with E-state index in [4.69, 9.17) is 27.9 Å². The zero-order chi connectivity index (χ0) is 31.9. The average molecular weight is 676 g/mol. The highest BCUT2D eigenvalue weighted by molar-refractivity contribution is 7.91. The number of sulfone groups is 1. The lowest BCUT2D eigenvalue weighted by Gasteiger charge is -2.31. The molecule has 2 aromatic rings. The van der Waals surface area contributed by atoms with Crippen molar-refractivity contribution >= 4 is 50.9 Å². The fourth-order valence-electron chi connectivity index (χ4n) is 6.44. The zero-order valence-electron chi connectivity index (χ0n) is 24.9. The number of amides is 2. The van der Waals surface area contributed by atoms with Crippen LogP contribution in [0.25, 0.3) is 6.08 Å². The van der Waals surface area contributed by atoms with Gasteiger partial charge in [0.2, 0.25) is 0 Å². The van der Waals surface area contributed by atoms with Gasteiger partial charge in [-0.1, -0.05) is 41.4 Å². The molecule has 4 aliphatic rings. The van der Waals surface area contributed by atoms with Crippen LogP contribution >= 0.6 is 23.2 Å². The molecule has 1 unspecified atom stereocenters. The number of carbonyl (C=O) groups is 2. The minimum absolute atomic E-state index is 0.153. The van der Waals surface area contributed by atoms with E-state index in [1.807, 2.05) is 6.92 Å². The lowest BCUT2D eigenvalue weighted by Crippen LogP contribution is -2.46. The van der Waals surface area contributed by atoms with Crippen LogP contribution in [-0.2, 0) is 31.5 Å². The first-order valence-electron chi connectivity index (χ1n) is 15.1. The zero-order valence-corrected chi connectivity index (χ0v) is 27.3. The monoisotopic (exact) mass is 674 g/mol. The summed E-state index contributed by atoms with van der Waals surface area (Å²) in [5.41, 5.74) is 4.41. The van der Waals surface area contributed by atoms with Gasteiger partial charge in [-0.15, -0.1) is 0 Å². The molecule has 13 heteroatoms. The number of aryl methyl sites for hydroxylation is 1. The van der Waals surface area contributed by atoms with Crippen molar-refractivity contribution in [3.8, 4) is 0 Å². The topological polar surface area (TPSA) is 132 Å². The van der Waals surface area contributed by atoms with Crippen LogP contribution in [0.5, 0.6) is 0 Å². The number of hydrogen-bond acceptors (Lipinski definition) is 7. The predicted octanol–water partition coefficient (Wildman–Crippen LogP) is 3.42. The number of aliphatic hydroxyl groups is 1. The molecular formula is C32H36Cl2N4O6S. The van der Waals surface area contributed by atoms with Gasteiger partial charge in [-0.25, -0.2) is 8.42 Å². The first kappa shape index (κ1) is 32.0. The maximum Gasteiger partial charge on any atom is 0.256 e. The minimum Gasteiger partial charge on any atom is -0.390 e. The van der Waals surface area contributed by atoms with E-state index in [9.17, 15) is 23.1 Å². The van der Waals surface area contributed by atoms with E-state index in [1.54, 1.807) is 41.3 Å². The maximum absolute atomic E-state index is 13.7. The number of rotatable bonds is 8. The summed E-state index contributed by atoms with van der Waals surface area (Å²) in [7, 11) is -3.73. The molecule has 1 aliphatic carbocycles. The van der Waals surface area contributed by atoms with Crippen LogP contribution < -0.4 is 5.32 Å². The number of β-amino-alcohol motifs (C(OH)–C–C–N with tert-alkyl or cyclic N) is 1. The molecule has 2 amide bonds. The summed E-state index contributed by atoms with van der Waals surface area (Å²) in [5.74, 6) is -0.825. The number of H-pyrrole nitrogens is 1. The molecule has 4 heterocycles. The summed E-state index contributed by atoms with van der Waals surface area (Å²) in [5, 5.41) is 13.3. The summed E-state index contributed by atoms with van der Waals surface area (Å²) in [6, 6.07) is 4.87. The number of ether oxygens (including phenoxy) is 1. The first-order chi connectivity index (χ1) is 21.5. The minimum atomic E-state index is -3.73. The number of nitrogens with one attached hydrogen (secondary N) is 2. The number of carbonyl (C=O) groups excluding carboxylic acids is 2. The second kappa shape index (κ2) is 13.1. The van der Waals surface area contributed by atoms with Crippen molar-refractivity contribution in [1.82, 2.24) is 20.1 Å². The normalized spacial score (nSPS) is 22.4. The molecule has 10 nitrogen and oxygen atoms in total. The van der Waals surface area contributed by atoms with E-state index in [1.165, 1.54) is 0 Å². The van der Waals surface area contributed by atoms with Gasteiger partial charge in [-0.2, -0.15) is 0 Å². The van der Waals surface area contributed by atoms with Gasteiger partial charge in [0.05, 0.1) is 41.5 Å². The van der Waals surface area contributed by atoms with Crippen molar-refractivity contribution in [2.24, 2.45) is 0 Å². The fraction of sp³-hybridized carbons (Fsp3) is 0.438. The van der Waals surface area contributed by atoms with Crippen molar-refractivity contribution in [2.75, 3.05) is 45.9 Å². The number of aromatic nitrogens is 1. The Hall–Kier alpha value is -2.93. The van der Waals surface area contributed by atoms with E-state index in [0.29, 0.717) is 72.0 Å². The molecule has 0 radical (unpaired) electrons. The average Bonchev–Trinajstić information content (AvgIpc) is 3.43. The molecule has 1 aromatic heterocycles. The van der Waals surface area contributed by atoms with Gasteiger partial charge in [0.15, 0.2) is 9.84 Å². The summed E-state index contributed by atoms with van der Waals surface area (Å²) >= 11 is 12.5. The molecule has 3 aliphatic heterocycles. The van der Waals surface area contributed by atoms with E-state index >= 15 is 0 Å². The molecule has 3 N–H and O–H groups in total. The smallest absolute Gasteiger partial charge is 0.256 e. The van der Waals surface area contributed by atoms with Crippen molar-refractivity contribution in [3.63, 3.8) is 0 Å². The Bertz CT molecular complexity index is 1700. The first-order valence-corrected chi connectivity index (χ1v) is 17.6. The SMILES string of the molecule is Cc1c(/C=C2\C(=O)NC3=CCC(S(=O)(=O)Cc4c(Cl)cccc4Cl)C=C32)[nH]c2c1C(=O)N(C[C@H](O)CN1CCOCC1)CCC2. The number of fused-ring (bicyclic) bond motifs is 2. The molecule has 0 spiro atoms. The Balaban J connectivity index is 1.24. The van der Waals surface area contributed by atoms with Crippen LogP contribution in [0.4, 0.5) is 0 Å². The Morgan fingerprint density at radius 2 is 1.87 bits per heavy atom. The Morgan fingerprint density at radius 3 is 2.60 bits per heavy atom. The number of aliphatic hydroxyl groups excluding tert-OH is 1. The van der Waals surface area contributed by atoms with Crippen molar-refractivity contribution < 1.29 is 27.9 Å². The van der Waals surface area contributed by atoms with E-state index in [2.05, 4.69) is 15.2 Å². The largest absolute Gasteiger partial charge is 0.390 e. The van der Waals surface area contributed by atoms with Crippen molar-refractivity contribution in [3.05, 3.63) is 85.3 Å². The van der Waals surface area contributed by atoms with Gasteiger partial charge in [-0.05, 0) is 50.0 Å². The van der Waals surface area contributed by atoms with Gasteiger partial charge in [-0.3, -0.25) is 14.5 Å². The molecule has 2 saturated heterocycles. The molecule has 2 atom stereocenters. The van der Waals surface area contributed by atoms with Gasteiger partial charge in [0, 0.05) is 71.0 Å². The third-order valence-corrected chi connectivity index (χ3v) is 11.5. The second-order valence-corrected chi connectivity index (χ2v) is 15.0. The van der Waals surface area contributed by atoms with Gasteiger partial charge in [0.25, 0.3) is 11.8 Å². The van der Waals surface area contributed by atoms with Gasteiger partial charge in [0.1, 0.15) is 0 Å². The van der Waals surface area contributed by atoms with E-state index < -0.39 is 21.2 Å². The van der Waals surface area contributed by atoms with Crippen molar-refractivity contribution in [1.29, 1.82) is 0 Å². The van der Waals surface area contributed by atoms with E-state index in [0.717, 1.165) is 25.2 Å². The van der Waals surface area contributed by atoms with Crippen LogP contribution in [0.15, 0.2) is 47.2 Å². The lowest BCUT2D eigenvalue weighted by molar-refractivity contribution is -0.115. The second-order valence-electron chi connectivity index (χ2n) is 11.9. The third kappa shape index (κ3) is 6.65. The Labute approximate surface area is 272 Å². The highest BCUT2D eigenvalue weighted by Crippen LogP contribution is 2.36. The Kier molecular flexibility index (Phi) is 9.29. The number of hydrogen-bond donors (Lipinski definition) is 3. The summed E-state index contributed by atoms with van der Waals surface area (Å²) in [4.78, 5) is 34.1. The summed E-state index contributed by atoms with van der Waals surface area (Å²) < 4.78 is 32.3. The van der Waals surface area contributed by atoms with Crippen LogP contribution in [0.1, 0.15) is 45.7 Å². The number of allylic oxidation sites excluding steroid dienone is 2. The third-order valence-electron chi connectivity index (χ3n) is 8.86. The Morgan fingerprint density at radius 1 is 1.13 bits per heavy atom. The molecule has 0 bridgehead atoms. The fourth-order valence-corrected chi connectivity index (χ4v) is 8.79. The summed E-state index contributed by atoms with van der Waals surface area (Å²) in [6.07, 6.45) is 5.93. The highest BCUT2D eigenvalue weighted by Gasteiger charge is 2.36. The van der Waals surface area contributed by atoms with Crippen molar-refractivity contribution in [2.45, 2.75) is 43.3 Å². The number of benzene rings is 1. The lowest BCUT2D eigenvalue weighted by atomic mass is 9.98. The summed E-state index contributed by atoms with van der Waals surface area (Å²) in [6.45, 7) is 5.88. The quantitative estimate of drug-likeness (QED) is 0.366. The van der Waals surface area contributed by atoms with Crippen LogP contribution in [0.3, 0.4) is 0 Å². The highest BCUT2D eigenvalue weighted by atomic mass is 35.5. The van der Waals surface area contributed by atoms with Crippen LogP contribution in [0, 0.1) is 6.92 Å². The van der Waals surface area contributed by atoms with E-state index in [-0.39, 0.29) is 40.6 Å². The number of nitrogens with zero attached hydrogens (tertiary/aromatic N) is 2. The number of aromatic amines is 1. The molecule has 240 valence electrons. The molecule has 6 rings (SSSR count).